The molecule has 2 heterocycles. The van der Waals surface area contributed by atoms with Crippen LogP contribution in [0.15, 0.2) is 60.8 Å². The maximum absolute atomic E-state index is 6.51. The number of nitrogens with zero attached hydrogens (tertiary/aromatic N) is 3. The molecule has 0 amide bonds. The molecule has 4 nitrogen and oxygen atoms in total. The smallest absolute Gasteiger partial charge is 0.223 e. The molecule has 2 aromatic heterocycles. The lowest BCUT2D eigenvalue weighted by Crippen LogP contribution is -2.43. The number of nitrogens with two attached hydrogens (primary N) is 1. The fourth-order valence-corrected chi connectivity index (χ4v) is 4.34. The maximum atomic E-state index is 6.51. The third-order valence-electron chi connectivity index (χ3n) is 5.95. The first kappa shape index (κ1) is 17.4. The minimum atomic E-state index is -0.162. The van der Waals surface area contributed by atoms with Gasteiger partial charge in [-0.3, -0.25) is 0 Å². The molecular formula is C23H21ClN4. The molecule has 1 fully saturated rings. The summed E-state index contributed by atoms with van der Waals surface area (Å²) < 4.78 is 2.14. The van der Waals surface area contributed by atoms with Crippen molar-refractivity contribution in [3.05, 3.63) is 71.6 Å². The summed E-state index contributed by atoms with van der Waals surface area (Å²) in [4.78, 5) is 8.76. The molecule has 0 atom stereocenters. The molecule has 28 heavy (non-hydrogen) atoms. The van der Waals surface area contributed by atoms with E-state index in [0.29, 0.717) is 0 Å². The molecule has 0 saturated heterocycles. The van der Waals surface area contributed by atoms with Gasteiger partial charge in [-0.05, 0) is 47.6 Å². The highest BCUT2D eigenvalue weighted by Gasteiger charge is 2.34. The quantitative estimate of drug-likeness (QED) is 0.485. The SMILES string of the molecule is Cn1c(-c2ccccc2)c(-c2ccc(C3(N)CCC3)cc2)c2nc(Cl)ncc21. The molecule has 5 rings (SSSR count). The summed E-state index contributed by atoms with van der Waals surface area (Å²) in [6.07, 6.45) is 5.10. The average Bonchev–Trinajstić information content (AvgIpc) is 2.98. The third-order valence-corrected chi connectivity index (χ3v) is 6.13. The lowest BCUT2D eigenvalue weighted by Gasteiger charge is -2.38. The van der Waals surface area contributed by atoms with Gasteiger partial charge in [-0.2, -0.15) is 0 Å². The van der Waals surface area contributed by atoms with Crippen molar-refractivity contribution >= 4 is 22.6 Å². The van der Waals surface area contributed by atoms with E-state index in [-0.39, 0.29) is 10.8 Å². The minimum Gasteiger partial charge on any atom is -0.341 e. The Bertz CT molecular complexity index is 1160. The largest absolute Gasteiger partial charge is 0.341 e. The van der Waals surface area contributed by atoms with E-state index in [1.54, 1.807) is 6.20 Å². The summed E-state index contributed by atoms with van der Waals surface area (Å²) in [6.45, 7) is 0. The zero-order chi connectivity index (χ0) is 19.3. The van der Waals surface area contributed by atoms with Crippen LogP contribution in [0.5, 0.6) is 0 Å². The molecular weight excluding hydrogens is 368 g/mol. The van der Waals surface area contributed by atoms with Crippen LogP contribution in [0.25, 0.3) is 33.4 Å². The molecule has 0 bridgehead atoms. The monoisotopic (exact) mass is 388 g/mol. The molecule has 4 aromatic rings. The summed E-state index contributed by atoms with van der Waals surface area (Å²) in [5, 5.41) is 0.256. The molecule has 140 valence electrons. The van der Waals surface area contributed by atoms with Gasteiger partial charge in [0.25, 0.3) is 0 Å². The molecule has 0 radical (unpaired) electrons. The summed E-state index contributed by atoms with van der Waals surface area (Å²) in [7, 11) is 2.04. The number of fused-ring (bicyclic) bond motifs is 1. The predicted octanol–water partition coefficient (Wildman–Crippen LogP) is 5.29. The van der Waals surface area contributed by atoms with Crippen molar-refractivity contribution in [1.82, 2.24) is 14.5 Å². The van der Waals surface area contributed by atoms with Crippen LogP contribution >= 0.6 is 11.6 Å². The van der Waals surface area contributed by atoms with Crippen molar-refractivity contribution in [3.63, 3.8) is 0 Å². The minimum absolute atomic E-state index is 0.162. The number of halogens is 1. The molecule has 0 spiro atoms. The standard InChI is InChI=1S/C23H21ClN4/c1-28-18-14-26-22(24)27-20(18)19(21(28)16-6-3-2-4-7-16)15-8-10-17(11-9-15)23(25)12-5-13-23/h2-4,6-11,14H,5,12-13,25H2,1H3. The fraction of sp³-hybridized carbons (Fsp3) is 0.217. The van der Waals surface area contributed by atoms with Gasteiger partial charge >= 0.3 is 0 Å². The fourth-order valence-electron chi connectivity index (χ4n) is 4.21. The number of rotatable bonds is 3. The molecule has 5 heteroatoms. The Morgan fingerprint density at radius 2 is 1.71 bits per heavy atom. The number of aryl methyl sites for hydroxylation is 1. The Morgan fingerprint density at radius 3 is 2.36 bits per heavy atom. The first-order valence-corrected chi connectivity index (χ1v) is 9.91. The summed E-state index contributed by atoms with van der Waals surface area (Å²) in [6, 6.07) is 19.0. The number of aromatic nitrogens is 3. The van der Waals surface area contributed by atoms with E-state index in [0.717, 1.165) is 46.3 Å². The number of hydrogen-bond donors (Lipinski definition) is 1. The Balaban J connectivity index is 1.75. The highest BCUT2D eigenvalue weighted by Crippen LogP contribution is 2.42. The van der Waals surface area contributed by atoms with Crippen molar-refractivity contribution in [2.45, 2.75) is 24.8 Å². The topological polar surface area (TPSA) is 56.7 Å². The molecule has 2 N–H and O–H groups in total. The normalized spacial score (nSPS) is 15.5. The first-order valence-electron chi connectivity index (χ1n) is 9.53. The number of hydrogen-bond acceptors (Lipinski definition) is 3. The lowest BCUT2D eigenvalue weighted by atomic mass is 9.72. The van der Waals surface area contributed by atoms with Crippen LogP contribution in [0.1, 0.15) is 24.8 Å². The zero-order valence-electron chi connectivity index (χ0n) is 15.7. The van der Waals surface area contributed by atoms with Gasteiger partial charge in [0.05, 0.1) is 17.4 Å². The van der Waals surface area contributed by atoms with Crippen LogP contribution in [0.4, 0.5) is 0 Å². The Morgan fingerprint density at radius 1 is 1.00 bits per heavy atom. The second-order valence-electron chi connectivity index (χ2n) is 7.61. The Hall–Kier alpha value is -2.69. The summed E-state index contributed by atoms with van der Waals surface area (Å²) in [5.74, 6) is 0. The van der Waals surface area contributed by atoms with Gasteiger partial charge in [-0.25, -0.2) is 9.97 Å². The van der Waals surface area contributed by atoms with Crippen LogP contribution in [-0.4, -0.2) is 14.5 Å². The second kappa shape index (κ2) is 6.43. The van der Waals surface area contributed by atoms with E-state index in [1.807, 2.05) is 25.2 Å². The van der Waals surface area contributed by atoms with E-state index in [2.05, 4.69) is 50.9 Å². The second-order valence-corrected chi connectivity index (χ2v) is 7.95. The van der Waals surface area contributed by atoms with E-state index < -0.39 is 0 Å². The van der Waals surface area contributed by atoms with Gasteiger partial charge in [0.1, 0.15) is 5.52 Å². The summed E-state index contributed by atoms with van der Waals surface area (Å²) in [5.41, 5.74) is 13.8. The third kappa shape index (κ3) is 2.64. The van der Waals surface area contributed by atoms with Gasteiger partial charge in [0.2, 0.25) is 5.28 Å². The zero-order valence-corrected chi connectivity index (χ0v) is 16.4. The van der Waals surface area contributed by atoms with Gasteiger partial charge in [-0.15, -0.1) is 0 Å². The van der Waals surface area contributed by atoms with Crippen LogP contribution < -0.4 is 5.73 Å². The van der Waals surface area contributed by atoms with Crippen molar-refractivity contribution in [3.8, 4) is 22.4 Å². The summed E-state index contributed by atoms with van der Waals surface area (Å²) >= 11 is 6.15. The van der Waals surface area contributed by atoms with Gasteiger partial charge in [-0.1, -0.05) is 54.6 Å². The van der Waals surface area contributed by atoms with Crippen molar-refractivity contribution in [2.75, 3.05) is 0 Å². The maximum Gasteiger partial charge on any atom is 0.223 e. The molecule has 1 saturated carbocycles. The predicted molar refractivity (Wildman–Crippen MR) is 114 cm³/mol. The van der Waals surface area contributed by atoms with E-state index in [9.17, 15) is 0 Å². The molecule has 1 aliphatic rings. The van der Waals surface area contributed by atoms with Crippen LogP contribution in [0.3, 0.4) is 0 Å². The van der Waals surface area contributed by atoms with Gasteiger partial charge < -0.3 is 10.3 Å². The Labute approximate surface area is 169 Å². The van der Waals surface area contributed by atoms with E-state index >= 15 is 0 Å². The lowest BCUT2D eigenvalue weighted by molar-refractivity contribution is 0.253. The molecule has 2 aromatic carbocycles. The highest BCUT2D eigenvalue weighted by atomic mass is 35.5. The van der Waals surface area contributed by atoms with Crippen LogP contribution in [-0.2, 0) is 12.6 Å². The van der Waals surface area contributed by atoms with Crippen molar-refractivity contribution in [2.24, 2.45) is 12.8 Å². The van der Waals surface area contributed by atoms with Crippen molar-refractivity contribution in [1.29, 1.82) is 0 Å². The highest BCUT2D eigenvalue weighted by molar-refractivity contribution is 6.28. The van der Waals surface area contributed by atoms with Gasteiger partial charge in [0.15, 0.2) is 0 Å². The van der Waals surface area contributed by atoms with Crippen LogP contribution in [0.2, 0.25) is 5.28 Å². The van der Waals surface area contributed by atoms with Crippen LogP contribution in [0, 0.1) is 0 Å². The van der Waals surface area contributed by atoms with E-state index in [1.165, 1.54) is 12.0 Å². The van der Waals surface area contributed by atoms with Crippen molar-refractivity contribution < 1.29 is 0 Å². The molecule has 1 aliphatic carbocycles. The first-order chi connectivity index (χ1) is 13.6. The van der Waals surface area contributed by atoms with E-state index in [4.69, 9.17) is 17.3 Å². The molecule has 0 aliphatic heterocycles. The average molecular weight is 389 g/mol. The number of benzene rings is 2. The van der Waals surface area contributed by atoms with Gasteiger partial charge in [0, 0.05) is 18.2 Å². The Kier molecular flexibility index (Phi) is 4.00. The molecule has 0 unspecified atom stereocenters.